The van der Waals surface area contributed by atoms with Crippen LogP contribution < -0.4 is 5.32 Å². The molecule has 2 rings (SSSR count). The highest BCUT2D eigenvalue weighted by Gasteiger charge is 2.17. The van der Waals surface area contributed by atoms with E-state index in [0.29, 0.717) is 5.02 Å². The Kier molecular flexibility index (Phi) is 6.61. The number of ether oxygens (including phenoxy) is 1. The quantitative estimate of drug-likeness (QED) is 0.632. The molecule has 0 radical (unpaired) electrons. The van der Waals surface area contributed by atoms with E-state index in [4.69, 9.17) is 62.7 Å². The Balaban J connectivity index is 2.01. The van der Waals surface area contributed by atoms with Gasteiger partial charge in [0.05, 0.1) is 31.3 Å². The van der Waals surface area contributed by atoms with Crippen molar-refractivity contribution in [3.63, 3.8) is 0 Å². The molecule has 0 saturated carbocycles. The first-order valence-corrected chi connectivity index (χ1v) is 8.24. The summed E-state index contributed by atoms with van der Waals surface area (Å²) in [5.41, 5.74) is 0.226. The summed E-state index contributed by atoms with van der Waals surface area (Å²) in [5, 5.41) is 3.33. The zero-order valence-corrected chi connectivity index (χ0v) is 15.5. The second kappa shape index (κ2) is 8.28. The number of hydrogen-bond donors (Lipinski definition) is 1. The highest BCUT2D eigenvalue weighted by molar-refractivity contribution is 6.44. The molecule has 0 atom stereocenters. The fraction of sp³-hybridized carbons (Fsp3) is 0.0667. The molecule has 0 unspecified atom stereocenters. The molecule has 1 amide bonds. The predicted molar refractivity (Wildman–Crippen MR) is 96.8 cm³/mol. The Labute approximate surface area is 162 Å². The Morgan fingerprint density at radius 2 is 1.58 bits per heavy atom. The lowest BCUT2D eigenvalue weighted by molar-refractivity contribution is -0.119. The van der Waals surface area contributed by atoms with Gasteiger partial charge in [-0.05, 0) is 24.3 Å². The van der Waals surface area contributed by atoms with E-state index in [1.54, 1.807) is 0 Å². The number of hydrogen-bond acceptors (Lipinski definition) is 3. The first-order chi connectivity index (χ1) is 11.3. The van der Waals surface area contributed by atoms with Gasteiger partial charge in [-0.2, -0.15) is 0 Å². The maximum atomic E-state index is 11.9. The van der Waals surface area contributed by atoms with Crippen LogP contribution in [0.5, 0.6) is 0 Å². The fourth-order valence-electron chi connectivity index (χ4n) is 1.71. The maximum absolute atomic E-state index is 11.9. The van der Waals surface area contributed by atoms with Gasteiger partial charge < -0.3 is 10.1 Å². The molecule has 2 aromatic rings. The minimum atomic E-state index is -0.786. The summed E-state index contributed by atoms with van der Waals surface area (Å²) >= 11 is 29.4. The second-order valence-corrected chi connectivity index (χ2v) is 6.51. The molecule has 1 N–H and O–H groups in total. The van der Waals surface area contributed by atoms with Crippen LogP contribution in [-0.2, 0) is 9.53 Å². The third-order valence-electron chi connectivity index (χ3n) is 2.78. The summed E-state index contributed by atoms with van der Waals surface area (Å²) in [6, 6.07) is 7.34. The van der Waals surface area contributed by atoms with Crippen LogP contribution in [0.3, 0.4) is 0 Å². The Bertz CT molecular complexity index is 787. The fourth-order valence-corrected chi connectivity index (χ4v) is 3.00. The van der Waals surface area contributed by atoms with Crippen LogP contribution in [0, 0.1) is 0 Å². The molecule has 0 bridgehead atoms. The number of benzene rings is 2. The van der Waals surface area contributed by atoms with Crippen LogP contribution in [0.4, 0.5) is 5.69 Å². The van der Waals surface area contributed by atoms with Gasteiger partial charge >= 0.3 is 5.97 Å². The van der Waals surface area contributed by atoms with Crippen molar-refractivity contribution in [1.82, 2.24) is 0 Å². The topological polar surface area (TPSA) is 55.4 Å². The highest BCUT2D eigenvalue weighted by Crippen LogP contribution is 2.33. The maximum Gasteiger partial charge on any atom is 0.340 e. The number of anilines is 1. The number of halogens is 5. The zero-order chi connectivity index (χ0) is 17.9. The van der Waals surface area contributed by atoms with E-state index >= 15 is 0 Å². The summed E-state index contributed by atoms with van der Waals surface area (Å²) in [7, 11) is 0. The zero-order valence-electron chi connectivity index (χ0n) is 11.7. The van der Waals surface area contributed by atoms with Gasteiger partial charge in [-0.15, -0.1) is 0 Å². The van der Waals surface area contributed by atoms with Crippen molar-refractivity contribution in [3.8, 4) is 0 Å². The average molecular weight is 427 g/mol. The third kappa shape index (κ3) is 4.68. The minimum Gasteiger partial charge on any atom is -0.452 e. The van der Waals surface area contributed by atoms with Crippen molar-refractivity contribution >= 4 is 75.6 Å². The van der Waals surface area contributed by atoms with E-state index < -0.39 is 18.5 Å². The monoisotopic (exact) mass is 425 g/mol. The predicted octanol–water partition coefficient (Wildman–Crippen LogP) is 5.75. The lowest BCUT2D eigenvalue weighted by Crippen LogP contribution is -2.21. The highest BCUT2D eigenvalue weighted by atomic mass is 35.5. The molecule has 0 aliphatic rings. The Morgan fingerprint density at radius 1 is 0.958 bits per heavy atom. The third-order valence-corrected chi connectivity index (χ3v) is 4.41. The van der Waals surface area contributed by atoms with Crippen molar-refractivity contribution in [3.05, 3.63) is 61.0 Å². The Morgan fingerprint density at radius 3 is 2.21 bits per heavy atom. The lowest BCUT2D eigenvalue weighted by Gasteiger charge is -2.10. The molecule has 24 heavy (non-hydrogen) atoms. The normalized spacial score (nSPS) is 10.4. The molecule has 2 aromatic carbocycles. The van der Waals surface area contributed by atoms with Gasteiger partial charge in [0.2, 0.25) is 0 Å². The van der Waals surface area contributed by atoms with Gasteiger partial charge in [-0.3, -0.25) is 4.79 Å². The molecular weight excluding hydrogens is 419 g/mol. The standard InChI is InChI=1S/C15H8Cl5NO3/c16-7-4-10(18)14(11(19)5-7)21-12(22)6-24-15(23)8-2-1-3-9(17)13(8)20/h1-5H,6H2,(H,21,22). The largest absolute Gasteiger partial charge is 0.452 e. The van der Waals surface area contributed by atoms with E-state index in [1.807, 2.05) is 0 Å². The van der Waals surface area contributed by atoms with Gasteiger partial charge in [0, 0.05) is 5.02 Å². The first-order valence-electron chi connectivity index (χ1n) is 6.35. The molecule has 0 fully saturated rings. The van der Waals surface area contributed by atoms with Crippen molar-refractivity contribution in [2.45, 2.75) is 0 Å². The van der Waals surface area contributed by atoms with E-state index in [9.17, 15) is 9.59 Å². The molecule has 0 aliphatic carbocycles. The van der Waals surface area contributed by atoms with Gasteiger partial charge in [0.25, 0.3) is 5.91 Å². The van der Waals surface area contributed by atoms with Crippen LogP contribution in [0.15, 0.2) is 30.3 Å². The molecule has 0 heterocycles. The summed E-state index contributed by atoms with van der Waals surface area (Å²) in [5.74, 6) is -1.42. The number of esters is 1. The molecule has 0 aliphatic heterocycles. The number of carbonyl (C=O) groups is 2. The van der Waals surface area contributed by atoms with Crippen LogP contribution >= 0.6 is 58.0 Å². The van der Waals surface area contributed by atoms with E-state index in [0.717, 1.165) is 0 Å². The van der Waals surface area contributed by atoms with Crippen molar-refractivity contribution < 1.29 is 14.3 Å². The van der Waals surface area contributed by atoms with Gasteiger partial charge in [-0.25, -0.2) is 4.79 Å². The second-order valence-electron chi connectivity index (χ2n) is 4.47. The van der Waals surface area contributed by atoms with Gasteiger partial charge in [0.15, 0.2) is 6.61 Å². The van der Waals surface area contributed by atoms with Crippen molar-refractivity contribution in [1.29, 1.82) is 0 Å². The van der Waals surface area contributed by atoms with Crippen LogP contribution in [-0.4, -0.2) is 18.5 Å². The SMILES string of the molecule is O=C(COC(=O)c1cccc(Cl)c1Cl)Nc1c(Cl)cc(Cl)cc1Cl. The number of rotatable bonds is 4. The van der Waals surface area contributed by atoms with Crippen LogP contribution in [0.2, 0.25) is 25.1 Å². The molecular formula is C15H8Cl5NO3. The lowest BCUT2D eigenvalue weighted by atomic mass is 10.2. The smallest absolute Gasteiger partial charge is 0.340 e. The molecule has 126 valence electrons. The summed E-state index contributed by atoms with van der Waals surface area (Å²) < 4.78 is 4.90. The molecule has 4 nitrogen and oxygen atoms in total. The van der Waals surface area contributed by atoms with E-state index in [2.05, 4.69) is 5.32 Å². The van der Waals surface area contributed by atoms with Crippen molar-refractivity contribution in [2.24, 2.45) is 0 Å². The van der Waals surface area contributed by atoms with Gasteiger partial charge in [0.1, 0.15) is 0 Å². The summed E-state index contributed by atoms with van der Waals surface area (Å²) in [6.07, 6.45) is 0. The average Bonchev–Trinajstić information content (AvgIpc) is 2.51. The first kappa shape index (κ1) is 19.2. The van der Waals surface area contributed by atoms with Gasteiger partial charge in [-0.1, -0.05) is 64.1 Å². The molecule has 0 aromatic heterocycles. The van der Waals surface area contributed by atoms with E-state index in [-0.39, 0.29) is 31.3 Å². The van der Waals surface area contributed by atoms with Crippen molar-refractivity contribution in [2.75, 3.05) is 11.9 Å². The number of amides is 1. The molecule has 0 saturated heterocycles. The summed E-state index contributed by atoms with van der Waals surface area (Å²) in [4.78, 5) is 23.8. The Hall–Kier alpha value is -1.17. The van der Waals surface area contributed by atoms with E-state index in [1.165, 1.54) is 30.3 Å². The summed E-state index contributed by atoms with van der Waals surface area (Å²) in [6.45, 7) is -0.559. The molecule has 9 heteroatoms. The molecule has 0 spiro atoms. The van der Waals surface area contributed by atoms with Crippen LogP contribution in [0.1, 0.15) is 10.4 Å². The van der Waals surface area contributed by atoms with Crippen LogP contribution in [0.25, 0.3) is 0 Å². The number of carbonyl (C=O) groups excluding carboxylic acids is 2. The minimum absolute atomic E-state index is 0.0494. The number of nitrogens with one attached hydrogen (secondary N) is 1.